The normalized spacial score (nSPS) is 23.5. The van der Waals surface area contributed by atoms with Crippen LogP contribution in [-0.4, -0.2) is 71.7 Å². The first-order chi connectivity index (χ1) is 12.4. The number of benzene rings is 1. The van der Waals surface area contributed by atoms with Gasteiger partial charge in [0.15, 0.2) is 0 Å². The van der Waals surface area contributed by atoms with E-state index in [1.54, 1.807) is 11.8 Å². The summed E-state index contributed by atoms with van der Waals surface area (Å²) in [6.07, 6.45) is 0.752. The lowest BCUT2D eigenvalue weighted by Gasteiger charge is -2.33. The molecule has 140 valence electrons. The van der Waals surface area contributed by atoms with Gasteiger partial charge in [-0.25, -0.2) is 0 Å². The maximum absolute atomic E-state index is 12.9. The van der Waals surface area contributed by atoms with Gasteiger partial charge in [0.1, 0.15) is 0 Å². The van der Waals surface area contributed by atoms with E-state index in [2.05, 4.69) is 0 Å². The second kappa shape index (κ2) is 7.48. The molecular formula is C20H27N3O3. The van der Waals surface area contributed by atoms with Crippen LogP contribution in [0, 0.1) is 5.41 Å². The van der Waals surface area contributed by atoms with Crippen LogP contribution in [0.25, 0.3) is 0 Å². The second-order valence-corrected chi connectivity index (χ2v) is 7.50. The Balaban J connectivity index is 1.80. The monoisotopic (exact) mass is 357 g/mol. The molecule has 2 aliphatic heterocycles. The smallest absolute Gasteiger partial charge is 0.227 e. The molecule has 2 heterocycles. The van der Waals surface area contributed by atoms with Gasteiger partial charge in [0.25, 0.3) is 0 Å². The summed E-state index contributed by atoms with van der Waals surface area (Å²) in [4.78, 5) is 42.7. The van der Waals surface area contributed by atoms with E-state index in [-0.39, 0.29) is 23.1 Å². The lowest BCUT2D eigenvalue weighted by molar-refractivity contribution is -0.132. The van der Waals surface area contributed by atoms with Gasteiger partial charge >= 0.3 is 0 Å². The zero-order valence-electron chi connectivity index (χ0n) is 15.6. The third-order valence-electron chi connectivity index (χ3n) is 5.48. The minimum Gasteiger partial charge on any atom is -0.342 e. The van der Waals surface area contributed by atoms with E-state index < -0.39 is 0 Å². The average molecular weight is 357 g/mol. The summed E-state index contributed by atoms with van der Waals surface area (Å²) in [5.74, 6) is 0.181. The second-order valence-electron chi connectivity index (χ2n) is 7.50. The molecule has 1 aromatic carbocycles. The van der Waals surface area contributed by atoms with E-state index >= 15 is 0 Å². The van der Waals surface area contributed by atoms with Crippen molar-refractivity contribution in [1.29, 1.82) is 0 Å². The van der Waals surface area contributed by atoms with Crippen LogP contribution in [-0.2, 0) is 20.8 Å². The Labute approximate surface area is 154 Å². The summed E-state index contributed by atoms with van der Waals surface area (Å²) in [5, 5.41) is 0. The van der Waals surface area contributed by atoms with Crippen LogP contribution in [0.3, 0.4) is 0 Å². The minimum atomic E-state index is -0.360. The first-order valence-electron chi connectivity index (χ1n) is 9.27. The Morgan fingerprint density at radius 1 is 1.04 bits per heavy atom. The number of likely N-dealkylation sites (tertiary alicyclic amines) is 1. The summed E-state index contributed by atoms with van der Waals surface area (Å²) in [5.41, 5.74) is 0.624. The highest BCUT2D eigenvalue weighted by Crippen LogP contribution is 2.35. The number of carbonyl (C=O) groups is 3. The number of hydrogen-bond acceptors (Lipinski definition) is 3. The van der Waals surface area contributed by atoms with E-state index in [1.807, 2.05) is 47.1 Å². The Morgan fingerprint density at radius 2 is 1.69 bits per heavy atom. The molecule has 1 atom stereocenters. The Bertz CT molecular complexity index is 691. The van der Waals surface area contributed by atoms with Gasteiger partial charge in [-0.05, 0) is 12.5 Å². The van der Waals surface area contributed by atoms with Crippen molar-refractivity contribution >= 4 is 17.7 Å². The summed E-state index contributed by atoms with van der Waals surface area (Å²) >= 11 is 0. The molecule has 0 bridgehead atoms. The molecule has 1 aromatic rings. The molecule has 6 heteroatoms. The molecule has 0 N–H and O–H groups in total. The number of amides is 3. The molecule has 2 fully saturated rings. The summed E-state index contributed by atoms with van der Waals surface area (Å²) in [6.45, 7) is 6.92. The fourth-order valence-electron chi connectivity index (χ4n) is 4.10. The van der Waals surface area contributed by atoms with Gasteiger partial charge in [0.2, 0.25) is 17.7 Å². The van der Waals surface area contributed by atoms with E-state index in [0.717, 1.165) is 5.56 Å². The lowest BCUT2D eigenvalue weighted by atomic mass is 9.85. The molecular weight excluding hydrogens is 330 g/mol. The third kappa shape index (κ3) is 3.89. The number of rotatable bonds is 3. The molecule has 2 aliphatic rings. The van der Waals surface area contributed by atoms with Crippen LogP contribution in [0.5, 0.6) is 0 Å². The lowest BCUT2D eigenvalue weighted by Crippen LogP contribution is -2.45. The molecule has 0 unspecified atom stereocenters. The Hall–Kier alpha value is -2.37. The van der Waals surface area contributed by atoms with Crippen molar-refractivity contribution in [3.63, 3.8) is 0 Å². The van der Waals surface area contributed by atoms with Crippen LogP contribution >= 0.6 is 0 Å². The molecule has 0 aliphatic carbocycles. The standard InChI is InChI=1S/C20H27N3O3/c1-3-21-13-20(12-19(21)26)14-22(16(2)24)9-10-23(15-20)18(25)11-17-7-5-4-6-8-17/h4-8H,3,9-15H2,1-2H3/t20-/m1/s1. The first-order valence-corrected chi connectivity index (χ1v) is 9.27. The zero-order chi connectivity index (χ0) is 18.7. The zero-order valence-corrected chi connectivity index (χ0v) is 15.6. The van der Waals surface area contributed by atoms with Gasteiger partial charge in [0, 0.05) is 58.0 Å². The molecule has 0 saturated carbocycles. The van der Waals surface area contributed by atoms with Crippen LogP contribution in [0.15, 0.2) is 30.3 Å². The van der Waals surface area contributed by atoms with Crippen LogP contribution in [0.2, 0.25) is 0 Å². The fraction of sp³-hybridized carbons (Fsp3) is 0.550. The number of hydrogen-bond donors (Lipinski definition) is 0. The highest BCUT2D eigenvalue weighted by Gasteiger charge is 2.47. The molecule has 1 spiro atoms. The van der Waals surface area contributed by atoms with Crippen molar-refractivity contribution in [2.45, 2.75) is 26.7 Å². The van der Waals surface area contributed by atoms with Crippen molar-refractivity contribution < 1.29 is 14.4 Å². The van der Waals surface area contributed by atoms with Gasteiger partial charge in [0.05, 0.1) is 6.42 Å². The molecule has 3 rings (SSSR count). The summed E-state index contributed by atoms with van der Waals surface area (Å²) in [6, 6.07) is 9.69. The van der Waals surface area contributed by atoms with Crippen LogP contribution < -0.4 is 0 Å². The molecule has 26 heavy (non-hydrogen) atoms. The highest BCUT2D eigenvalue weighted by molar-refractivity contribution is 5.82. The number of carbonyl (C=O) groups excluding carboxylic acids is 3. The van der Waals surface area contributed by atoms with Crippen molar-refractivity contribution in [2.24, 2.45) is 5.41 Å². The van der Waals surface area contributed by atoms with Crippen LogP contribution in [0.4, 0.5) is 0 Å². The fourth-order valence-corrected chi connectivity index (χ4v) is 4.10. The first kappa shape index (κ1) is 18.4. The third-order valence-corrected chi connectivity index (χ3v) is 5.48. The van der Waals surface area contributed by atoms with Gasteiger partial charge in [-0.15, -0.1) is 0 Å². The van der Waals surface area contributed by atoms with E-state index in [4.69, 9.17) is 0 Å². The topological polar surface area (TPSA) is 60.9 Å². The van der Waals surface area contributed by atoms with Gasteiger partial charge in [-0.2, -0.15) is 0 Å². The molecule has 6 nitrogen and oxygen atoms in total. The molecule has 2 saturated heterocycles. The SMILES string of the molecule is CCN1C[C@]2(CC1=O)CN(C(C)=O)CCN(C(=O)Cc1ccccc1)C2. The van der Waals surface area contributed by atoms with Crippen molar-refractivity contribution in [3.05, 3.63) is 35.9 Å². The van der Waals surface area contributed by atoms with Gasteiger partial charge in [-0.1, -0.05) is 30.3 Å². The van der Waals surface area contributed by atoms with Gasteiger partial charge in [-0.3, -0.25) is 14.4 Å². The maximum atomic E-state index is 12.9. The van der Waals surface area contributed by atoms with E-state index in [1.165, 1.54) is 0 Å². The van der Waals surface area contributed by atoms with Crippen molar-refractivity contribution in [2.75, 3.05) is 39.3 Å². The van der Waals surface area contributed by atoms with E-state index in [0.29, 0.717) is 52.1 Å². The predicted molar refractivity (Wildman–Crippen MR) is 98.3 cm³/mol. The predicted octanol–water partition coefficient (Wildman–Crippen LogP) is 1.16. The number of nitrogens with zero attached hydrogens (tertiary/aromatic N) is 3. The Kier molecular flexibility index (Phi) is 5.30. The summed E-state index contributed by atoms with van der Waals surface area (Å²) < 4.78 is 0. The van der Waals surface area contributed by atoms with Crippen LogP contribution in [0.1, 0.15) is 25.8 Å². The highest BCUT2D eigenvalue weighted by atomic mass is 16.2. The molecule has 3 amide bonds. The average Bonchev–Trinajstić information content (AvgIpc) is 2.80. The van der Waals surface area contributed by atoms with Crippen molar-refractivity contribution in [3.8, 4) is 0 Å². The largest absolute Gasteiger partial charge is 0.342 e. The molecule has 0 radical (unpaired) electrons. The van der Waals surface area contributed by atoms with Gasteiger partial charge < -0.3 is 14.7 Å². The summed E-state index contributed by atoms with van der Waals surface area (Å²) in [7, 11) is 0. The maximum Gasteiger partial charge on any atom is 0.227 e. The Morgan fingerprint density at radius 3 is 2.31 bits per heavy atom. The quantitative estimate of drug-likeness (QED) is 0.816. The van der Waals surface area contributed by atoms with E-state index in [9.17, 15) is 14.4 Å². The van der Waals surface area contributed by atoms with Crippen molar-refractivity contribution in [1.82, 2.24) is 14.7 Å². The minimum absolute atomic E-state index is 0.00382. The molecule has 0 aromatic heterocycles.